The Labute approximate surface area is 380 Å². The summed E-state index contributed by atoms with van der Waals surface area (Å²) in [6, 6.07) is 31.6. The van der Waals surface area contributed by atoms with Gasteiger partial charge in [0.15, 0.2) is 0 Å². The molecule has 2 N–H and O–H groups in total. The van der Waals surface area contributed by atoms with E-state index in [9.17, 15) is 28.1 Å². The van der Waals surface area contributed by atoms with E-state index in [0.717, 1.165) is 34.1 Å². The minimum absolute atomic E-state index is 0.0490. The van der Waals surface area contributed by atoms with Crippen LogP contribution in [0.1, 0.15) is 11.1 Å². The highest BCUT2D eigenvalue weighted by Gasteiger charge is 2.31. The molecule has 0 saturated heterocycles. The Morgan fingerprint density at radius 3 is 1.30 bits per heavy atom. The molecule has 330 valence electrons. The number of ketones is 1. The summed E-state index contributed by atoms with van der Waals surface area (Å²) in [5, 5.41) is 11.1. The lowest BCUT2D eigenvalue weighted by Gasteiger charge is -2.18. The first-order valence-corrected chi connectivity index (χ1v) is 19.8. The van der Waals surface area contributed by atoms with Gasteiger partial charge in [-0.1, -0.05) is 24.3 Å². The Balaban J connectivity index is 0.000000194. The van der Waals surface area contributed by atoms with Gasteiger partial charge in [-0.25, -0.2) is 29.9 Å². The number of nitrogens with zero attached hydrogens (tertiary/aromatic N) is 10. The van der Waals surface area contributed by atoms with Crippen LogP contribution in [0.25, 0.3) is 0 Å². The molecule has 0 aliphatic rings. The molecule has 0 amide bonds. The molecule has 7 aromatic rings. The normalized spacial score (nSPS) is 10.6. The van der Waals surface area contributed by atoms with Crippen LogP contribution >= 0.6 is 34.8 Å². The first-order valence-electron chi connectivity index (χ1n) is 18.7. The monoisotopic (exact) mass is 933 g/mol. The maximum atomic E-state index is 12.3. The van der Waals surface area contributed by atoms with Crippen molar-refractivity contribution < 1.29 is 27.6 Å². The third-order valence-corrected chi connectivity index (χ3v) is 9.42. The number of rotatable bonds is 12. The minimum Gasteiger partial charge on any atom is -0.406 e. The van der Waals surface area contributed by atoms with Gasteiger partial charge < -0.3 is 25.2 Å². The number of halogens is 6. The second kappa shape index (κ2) is 22.3. The van der Waals surface area contributed by atoms with Crippen LogP contribution in [0.2, 0.25) is 15.9 Å². The van der Waals surface area contributed by atoms with Crippen molar-refractivity contribution in [2.24, 2.45) is 0 Å². The molecule has 0 atom stereocenters. The minimum atomic E-state index is -4.74. The summed E-state index contributed by atoms with van der Waals surface area (Å²) in [7, 11) is 5.54. The van der Waals surface area contributed by atoms with Crippen LogP contribution in [-0.4, -0.2) is 68.1 Å². The standard InChI is InChI=1S/C21H17ClF3N3O2.C11H9ClN4O2.C11H11ClN4/c1-28(19-10-11-26-20(22)27-19)16-6-2-14(3-7-16)12-17(29)13-15-4-8-18(9-5-15)30-21(23,24)25;1-15(10-6-7-13-11(12)14-10)8-2-4-9(5-3-8)16(17)18;1-16(9-4-2-8(13)3-5-9)10-6-7-14-11(12)15-10/h2-11H,12-13H2,1H3;2-7H,1H3;2-7H,13H2,1H3. The quantitative estimate of drug-likeness (QED) is 0.0528. The third-order valence-electron chi connectivity index (χ3n) is 8.88. The molecule has 0 aliphatic heterocycles. The molecule has 21 heteroatoms. The number of hydrogen-bond donors (Lipinski definition) is 1. The summed E-state index contributed by atoms with van der Waals surface area (Å²) < 4.78 is 40.4. The summed E-state index contributed by atoms with van der Waals surface area (Å²) in [6.07, 6.45) is 0.329. The number of non-ortho nitro benzene ring substituents is 1. The molecular formula is C43H37Cl3F3N11O4. The summed E-state index contributed by atoms with van der Waals surface area (Å²) in [4.78, 5) is 51.7. The van der Waals surface area contributed by atoms with Crippen molar-refractivity contribution >= 4 is 86.5 Å². The Bertz CT molecular complexity index is 2630. The lowest BCUT2D eigenvalue weighted by Crippen LogP contribution is -2.17. The number of Topliss-reactive ketones (excluding diaryl/α,β-unsaturated/α-hetero) is 1. The van der Waals surface area contributed by atoms with Gasteiger partial charge in [0, 0.05) is 87.5 Å². The number of hydrogen-bond acceptors (Lipinski definition) is 14. The highest BCUT2D eigenvalue weighted by molar-refractivity contribution is 6.28. The van der Waals surface area contributed by atoms with Gasteiger partial charge >= 0.3 is 6.36 Å². The maximum Gasteiger partial charge on any atom is 0.573 e. The van der Waals surface area contributed by atoms with Gasteiger partial charge in [-0.3, -0.25) is 14.9 Å². The number of nitro groups is 1. The van der Waals surface area contributed by atoms with Crippen LogP contribution in [-0.2, 0) is 17.6 Å². The SMILES string of the molecule is CN(c1ccc(CC(=O)Cc2ccc(OC(F)(F)F)cc2)cc1)c1ccnc(Cl)n1.CN(c1ccc(N)cc1)c1ccnc(Cl)n1.CN(c1ccc([N+](=O)[O-])cc1)c1ccnc(Cl)n1. The van der Waals surface area contributed by atoms with Gasteiger partial charge in [0.2, 0.25) is 15.9 Å². The van der Waals surface area contributed by atoms with Crippen LogP contribution in [0, 0.1) is 10.1 Å². The lowest BCUT2D eigenvalue weighted by molar-refractivity contribution is -0.384. The fourth-order valence-corrected chi connectivity index (χ4v) is 6.02. The van der Waals surface area contributed by atoms with E-state index in [0.29, 0.717) is 17.2 Å². The molecule has 0 unspecified atom stereocenters. The molecule has 4 aromatic carbocycles. The van der Waals surface area contributed by atoms with Gasteiger partial charge in [0.05, 0.1) is 4.92 Å². The molecule has 0 fully saturated rings. The molecule has 0 aliphatic carbocycles. The largest absolute Gasteiger partial charge is 0.573 e. The van der Waals surface area contributed by atoms with Crippen LogP contribution in [0.5, 0.6) is 5.75 Å². The predicted molar refractivity (Wildman–Crippen MR) is 241 cm³/mol. The zero-order chi connectivity index (χ0) is 46.4. The van der Waals surface area contributed by atoms with E-state index in [2.05, 4.69) is 34.6 Å². The average molecular weight is 935 g/mol. The van der Waals surface area contributed by atoms with Gasteiger partial charge in [0.1, 0.15) is 29.0 Å². The second-order valence-electron chi connectivity index (χ2n) is 13.3. The van der Waals surface area contributed by atoms with Crippen LogP contribution in [0.15, 0.2) is 134 Å². The molecule has 0 radical (unpaired) electrons. The van der Waals surface area contributed by atoms with Crippen molar-refractivity contribution in [3.8, 4) is 5.75 Å². The van der Waals surface area contributed by atoms with Crippen LogP contribution in [0.4, 0.5) is 59.1 Å². The number of ether oxygens (including phenoxy) is 1. The highest BCUT2D eigenvalue weighted by Crippen LogP contribution is 2.27. The molecule has 64 heavy (non-hydrogen) atoms. The maximum absolute atomic E-state index is 12.3. The third kappa shape index (κ3) is 14.7. The first-order chi connectivity index (χ1) is 30.4. The van der Waals surface area contributed by atoms with E-state index in [1.54, 1.807) is 60.9 Å². The number of nitrogens with two attached hydrogens (primary N) is 1. The van der Waals surface area contributed by atoms with E-state index in [4.69, 9.17) is 40.5 Å². The van der Waals surface area contributed by atoms with Crippen molar-refractivity contribution in [2.45, 2.75) is 19.2 Å². The van der Waals surface area contributed by atoms with E-state index in [-0.39, 0.29) is 45.9 Å². The number of carbonyl (C=O) groups excluding carboxylic acids is 1. The molecular weight excluding hydrogens is 898 g/mol. The number of nitro benzene ring substituents is 1. The lowest BCUT2D eigenvalue weighted by atomic mass is 10.0. The Morgan fingerprint density at radius 2 is 0.953 bits per heavy atom. The number of nitrogen functional groups attached to an aromatic ring is 1. The average Bonchev–Trinajstić information content (AvgIpc) is 3.27. The molecule has 15 nitrogen and oxygen atoms in total. The van der Waals surface area contributed by atoms with Gasteiger partial charge in [0.25, 0.3) is 5.69 Å². The van der Waals surface area contributed by atoms with Crippen molar-refractivity contribution in [3.63, 3.8) is 0 Å². The molecule has 0 bridgehead atoms. The van der Waals surface area contributed by atoms with Crippen molar-refractivity contribution in [1.82, 2.24) is 29.9 Å². The van der Waals surface area contributed by atoms with Crippen molar-refractivity contribution in [2.75, 3.05) is 41.6 Å². The van der Waals surface area contributed by atoms with Gasteiger partial charge in [-0.05, 0) is 125 Å². The molecule has 7 rings (SSSR count). The molecule has 0 spiro atoms. The molecule has 0 saturated carbocycles. The number of aromatic nitrogens is 6. The highest BCUT2D eigenvalue weighted by atomic mass is 35.5. The summed E-state index contributed by atoms with van der Waals surface area (Å²) >= 11 is 17.3. The number of anilines is 7. The van der Waals surface area contributed by atoms with E-state index in [1.165, 1.54) is 36.4 Å². The fourth-order valence-electron chi connectivity index (χ4n) is 5.60. The Hall–Kier alpha value is -7.15. The summed E-state index contributed by atoms with van der Waals surface area (Å²) in [5.74, 6) is 1.62. The van der Waals surface area contributed by atoms with Crippen LogP contribution < -0.4 is 25.2 Å². The Kier molecular flexibility index (Phi) is 16.7. The van der Waals surface area contributed by atoms with Crippen molar-refractivity contribution in [3.05, 3.63) is 171 Å². The van der Waals surface area contributed by atoms with E-state index in [1.807, 2.05) is 72.4 Å². The van der Waals surface area contributed by atoms with E-state index < -0.39 is 11.3 Å². The number of carbonyl (C=O) groups is 1. The summed E-state index contributed by atoms with van der Waals surface area (Å²) in [5.41, 5.74) is 10.5. The van der Waals surface area contributed by atoms with Crippen LogP contribution in [0.3, 0.4) is 0 Å². The van der Waals surface area contributed by atoms with E-state index >= 15 is 0 Å². The van der Waals surface area contributed by atoms with Gasteiger partial charge in [-0.2, -0.15) is 0 Å². The molecule has 3 aromatic heterocycles. The zero-order valence-electron chi connectivity index (χ0n) is 34.1. The summed E-state index contributed by atoms with van der Waals surface area (Å²) in [6.45, 7) is 0. The zero-order valence-corrected chi connectivity index (χ0v) is 36.3. The smallest absolute Gasteiger partial charge is 0.406 e. The first kappa shape index (κ1) is 47.9. The second-order valence-corrected chi connectivity index (χ2v) is 14.4. The molecule has 3 heterocycles. The number of benzene rings is 4. The predicted octanol–water partition coefficient (Wildman–Crippen LogP) is 10.4. The number of alkyl halides is 3. The van der Waals surface area contributed by atoms with Gasteiger partial charge in [-0.15, -0.1) is 13.2 Å². The topological polar surface area (TPSA) is 183 Å². The Morgan fingerprint density at radius 1 is 0.609 bits per heavy atom. The van der Waals surface area contributed by atoms with Crippen molar-refractivity contribution in [1.29, 1.82) is 0 Å². The fraction of sp³-hybridized carbons (Fsp3) is 0.140.